The van der Waals surface area contributed by atoms with Gasteiger partial charge < -0.3 is 4.74 Å². The Balaban J connectivity index is 2.12. The normalized spacial score (nSPS) is 12.2. The summed E-state index contributed by atoms with van der Waals surface area (Å²) >= 11 is 21.6. The Kier molecular flexibility index (Phi) is 6.03. The van der Waals surface area contributed by atoms with E-state index in [0.717, 1.165) is 5.33 Å². The van der Waals surface area contributed by atoms with Crippen LogP contribution in [0, 0.1) is 0 Å². The summed E-state index contributed by atoms with van der Waals surface area (Å²) in [5, 5.41) is 2.13. The third-order valence-corrected chi connectivity index (χ3v) is 4.41. The van der Waals surface area contributed by atoms with Crippen LogP contribution in [-0.2, 0) is 0 Å². The van der Waals surface area contributed by atoms with Crippen molar-refractivity contribution in [3.63, 3.8) is 0 Å². The van der Waals surface area contributed by atoms with Gasteiger partial charge in [-0.2, -0.15) is 0 Å². The largest absolute Gasteiger partial charge is 0.490 e. The van der Waals surface area contributed by atoms with Gasteiger partial charge in [0.2, 0.25) is 0 Å². The zero-order valence-electron chi connectivity index (χ0n) is 10.5. The molecular weight excluding hydrogens is 382 g/mol. The first kappa shape index (κ1) is 16.0. The van der Waals surface area contributed by atoms with Crippen molar-refractivity contribution in [3.8, 4) is 5.75 Å². The van der Waals surface area contributed by atoms with Gasteiger partial charge >= 0.3 is 0 Å². The first-order valence-corrected chi connectivity index (χ1v) is 8.25. The van der Waals surface area contributed by atoms with Crippen LogP contribution >= 0.6 is 50.7 Å². The van der Waals surface area contributed by atoms with Gasteiger partial charge in [0.05, 0.1) is 16.7 Å². The Morgan fingerprint density at radius 1 is 1.00 bits per heavy atom. The molecule has 20 heavy (non-hydrogen) atoms. The number of alkyl halides is 1. The van der Waals surface area contributed by atoms with E-state index in [-0.39, 0.29) is 5.92 Å². The minimum Gasteiger partial charge on any atom is -0.490 e. The predicted octanol–water partition coefficient (Wildman–Crippen LogP) is 6.20. The molecule has 2 aromatic carbocycles. The average molecular weight is 395 g/mol. The topological polar surface area (TPSA) is 9.23 Å². The van der Waals surface area contributed by atoms with E-state index >= 15 is 0 Å². The van der Waals surface area contributed by atoms with E-state index in [1.165, 1.54) is 5.56 Å². The van der Waals surface area contributed by atoms with Gasteiger partial charge in [-0.1, -0.05) is 81.1 Å². The van der Waals surface area contributed by atoms with Crippen LogP contribution in [0.1, 0.15) is 11.5 Å². The van der Waals surface area contributed by atoms with Crippen molar-refractivity contribution in [1.29, 1.82) is 0 Å². The molecule has 1 atom stereocenters. The maximum absolute atomic E-state index is 6.10. The predicted molar refractivity (Wildman–Crippen MR) is 89.9 cm³/mol. The van der Waals surface area contributed by atoms with E-state index in [9.17, 15) is 0 Å². The highest BCUT2D eigenvalue weighted by Gasteiger charge is 2.14. The first-order valence-electron chi connectivity index (χ1n) is 6.00. The average Bonchev–Trinajstić information content (AvgIpc) is 2.43. The van der Waals surface area contributed by atoms with Gasteiger partial charge in [0.1, 0.15) is 0 Å². The van der Waals surface area contributed by atoms with Gasteiger partial charge in [-0.25, -0.2) is 0 Å². The number of ether oxygens (including phenoxy) is 1. The van der Waals surface area contributed by atoms with Crippen LogP contribution in [0.2, 0.25) is 15.1 Å². The zero-order chi connectivity index (χ0) is 14.5. The molecule has 0 amide bonds. The van der Waals surface area contributed by atoms with Crippen LogP contribution in [0.3, 0.4) is 0 Å². The third-order valence-electron chi connectivity index (χ3n) is 2.85. The second-order valence-corrected chi connectivity index (χ2v) is 6.17. The molecule has 0 aliphatic rings. The van der Waals surface area contributed by atoms with Crippen molar-refractivity contribution in [2.45, 2.75) is 5.92 Å². The van der Waals surface area contributed by atoms with Crippen molar-refractivity contribution in [1.82, 2.24) is 0 Å². The van der Waals surface area contributed by atoms with Gasteiger partial charge in [0.15, 0.2) is 5.75 Å². The fraction of sp³-hybridized carbons (Fsp3) is 0.200. The van der Waals surface area contributed by atoms with Crippen molar-refractivity contribution in [2.24, 2.45) is 0 Å². The molecule has 0 spiro atoms. The lowest BCUT2D eigenvalue weighted by Gasteiger charge is -2.17. The van der Waals surface area contributed by atoms with Crippen LogP contribution < -0.4 is 4.74 Å². The quantitative estimate of drug-likeness (QED) is 0.548. The summed E-state index contributed by atoms with van der Waals surface area (Å²) in [7, 11) is 0. The molecule has 5 heteroatoms. The minimum absolute atomic E-state index is 0.221. The van der Waals surface area contributed by atoms with E-state index in [1.807, 2.05) is 18.2 Å². The van der Waals surface area contributed by atoms with E-state index in [0.29, 0.717) is 27.4 Å². The first-order chi connectivity index (χ1) is 9.61. The lowest BCUT2D eigenvalue weighted by Crippen LogP contribution is -2.12. The second-order valence-electron chi connectivity index (χ2n) is 4.27. The second kappa shape index (κ2) is 7.56. The lowest BCUT2D eigenvalue weighted by molar-refractivity contribution is 0.298. The van der Waals surface area contributed by atoms with E-state index < -0.39 is 0 Å². The summed E-state index contributed by atoms with van der Waals surface area (Å²) in [4.78, 5) is 0. The molecule has 0 radical (unpaired) electrons. The molecule has 2 aromatic rings. The van der Waals surface area contributed by atoms with Gasteiger partial charge in [0, 0.05) is 16.3 Å². The number of benzene rings is 2. The van der Waals surface area contributed by atoms with Crippen molar-refractivity contribution in [3.05, 3.63) is 63.1 Å². The Hall–Kier alpha value is -0.410. The number of hydrogen-bond acceptors (Lipinski definition) is 1. The van der Waals surface area contributed by atoms with Crippen LogP contribution in [0.25, 0.3) is 0 Å². The van der Waals surface area contributed by atoms with Gasteiger partial charge in [0.25, 0.3) is 0 Å². The zero-order valence-corrected chi connectivity index (χ0v) is 14.3. The monoisotopic (exact) mass is 392 g/mol. The Labute approximate surface area is 141 Å². The Bertz CT molecular complexity index is 552. The molecule has 1 unspecified atom stereocenters. The van der Waals surface area contributed by atoms with E-state index in [4.69, 9.17) is 39.5 Å². The molecule has 0 heterocycles. The highest BCUT2D eigenvalue weighted by atomic mass is 79.9. The molecule has 1 nitrogen and oxygen atoms in total. The molecule has 0 saturated carbocycles. The van der Waals surface area contributed by atoms with Crippen LogP contribution in [-0.4, -0.2) is 11.9 Å². The SMILES string of the molecule is Clc1cc(Cl)c(OCC(CBr)c2ccccc2)c(Cl)c1. The Morgan fingerprint density at radius 3 is 2.15 bits per heavy atom. The van der Waals surface area contributed by atoms with E-state index in [1.54, 1.807) is 12.1 Å². The third kappa shape index (κ3) is 4.05. The summed E-state index contributed by atoms with van der Waals surface area (Å²) < 4.78 is 5.78. The molecule has 0 fully saturated rings. The maximum atomic E-state index is 6.10. The summed E-state index contributed by atoms with van der Waals surface area (Å²) in [6.07, 6.45) is 0. The van der Waals surface area contributed by atoms with Gasteiger partial charge in [-0.15, -0.1) is 0 Å². The smallest absolute Gasteiger partial charge is 0.156 e. The minimum atomic E-state index is 0.221. The summed E-state index contributed by atoms with van der Waals surface area (Å²) in [6.45, 7) is 0.482. The van der Waals surface area contributed by atoms with E-state index in [2.05, 4.69) is 28.1 Å². The van der Waals surface area contributed by atoms with Crippen molar-refractivity contribution < 1.29 is 4.74 Å². The summed E-state index contributed by atoms with van der Waals surface area (Å²) in [6, 6.07) is 13.4. The molecule has 0 saturated heterocycles. The van der Waals surface area contributed by atoms with Crippen molar-refractivity contribution in [2.75, 3.05) is 11.9 Å². The maximum Gasteiger partial charge on any atom is 0.156 e. The molecule has 0 aromatic heterocycles. The molecule has 106 valence electrons. The fourth-order valence-electron chi connectivity index (χ4n) is 1.81. The van der Waals surface area contributed by atoms with Gasteiger partial charge in [-0.3, -0.25) is 0 Å². The molecule has 2 rings (SSSR count). The summed E-state index contributed by atoms with van der Waals surface area (Å²) in [5.74, 6) is 0.693. The number of rotatable bonds is 5. The van der Waals surface area contributed by atoms with Crippen LogP contribution in [0.5, 0.6) is 5.75 Å². The highest BCUT2D eigenvalue weighted by Crippen LogP contribution is 2.36. The number of hydrogen-bond donors (Lipinski definition) is 0. The summed E-state index contributed by atoms with van der Waals surface area (Å²) in [5.41, 5.74) is 1.20. The standard InChI is InChI=1S/C15H12BrCl3O/c16-8-11(10-4-2-1-3-5-10)9-20-15-13(18)6-12(17)7-14(15)19/h1-7,11H,8-9H2. The Morgan fingerprint density at radius 2 is 1.60 bits per heavy atom. The van der Waals surface area contributed by atoms with Crippen molar-refractivity contribution >= 4 is 50.7 Å². The molecular formula is C15H12BrCl3O. The lowest BCUT2D eigenvalue weighted by atomic mass is 10.0. The molecule has 0 bridgehead atoms. The van der Waals surface area contributed by atoms with Crippen LogP contribution in [0.15, 0.2) is 42.5 Å². The molecule has 0 aliphatic heterocycles. The van der Waals surface area contributed by atoms with Crippen LogP contribution in [0.4, 0.5) is 0 Å². The number of halogens is 4. The molecule has 0 N–H and O–H groups in total. The van der Waals surface area contributed by atoms with Gasteiger partial charge in [-0.05, 0) is 17.7 Å². The molecule has 0 aliphatic carbocycles. The fourth-order valence-corrected chi connectivity index (χ4v) is 3.29. The highest BCUT2D eigenvalue weighted by molar-refractivity contribution is 9.09.